The van der Waals surface area contributed by atoms with Crippen LogP contribution in [0.5, 0.6) is 0 Å². The topological polar surface area (TPSA) is 76.3 Å². The number of benzene rings is 2. The molecule has 5 rings (SSSR count). The number of nitrogens with zero attached hydrogens (tertiary/aromatic N) is 6. The van der Waals surface area contributed by atoms with Gasteiger partial charge in [-0.1, -0.05) is 47.7 Å². The molecule has 0 atom stereocenters. The molecule has 0 spiro atoms. The van der Waals surface area contributed by atoms with E-state index in [0.29, 0.717) is 23.1 Å². The van der Waals surface area contributed by atoms with Gasteiger partial charge in [-0.05, 0) is 42.7 Å². The molecule has 5 aromatic rings. The highest BCUT2D eigenvalue weighted by Crippen LogP contribution is 2.33. The molecule has 0 fully saturated rings. The Bertz CT molecular complexity index is 1370. The van der Waals surface area contributed by atoms with Gasteiger partial charge in [-0.15, -0.1) is 0 Å². The third kappa shape index (κ3) is 3.21. The van der Waals surface area contributed by atoms with Crippen molar-refractivity contribution in [3.05, 3.63) is 83.4 Å². The lowest BCUT2D eigenvalue weighted by atomic mass is 10.1. The minimum absolute atomic E-state index is 0.204. The summed E-state index contributed by atoms with van der Waals surface area (Å²) in [5.41, 5.74) is 4.60. The van der Waals surface area contributed by atoms with Gasteiger partial charge in [0.25, 0.3) is 11.7 Å². The normalized spacial score (nSPS) is 11.3. The van der Waals surface area contributed by atoms with Crippen LogP contribution in [0.3, 0.4) is 0 Å². The lowest BCUT2D eigenvalue weighted by Gasteiger charge is -2.20. The average Bonchev–Trinajstić information content (AvgIpc) is 3.39. The van der Waals surface area contributed by atoms with Crippen molar-refractivity contribution in [3.63, 3.8) is 0 Å². The van der Waals surface area contributed by atoms with Gasteiger partial charge in [-0.2, -0.15) is 14.6 Å². The van der Waals surface area contributed by atoms with E-state index in [2.05, 4.69) is 34.1 Å². The number of carbonyl (C=O) groups excluding carboxylic acids is 1. The molecule has 0 unspecified atom stereocenters. The lowest BCUT2D eigenvalue weighted by molar-refractivity contribution is 0.0977. The fourth-order valence-corrected chi connectivity index (χ4v) is 4.64. The Hall–Kier alpha value is -3.65. The van der Waals surface area contributed by atoms with E-state index in [-0.39, 0.29) is 5.91 Å². The number of carbonyl (C=O) groups is 1. The maximum absolute atomic E-state index is 13.7. The zero-order valence-corrected chi connectivity index (χ0v) is 17.3. The Labute approximate surface area is 176 Å². The van der Waals surface area contributed by atoms with Gasteiger partial charge < -0.3 is 0 Å². The van der Waals surface area contributed by atoms with Gasteiger partial charge in [0, 0.05) is 6.20 Å². The smallest absolute Gasteiger partial charge is 0.278 e. The number of aromatic nitrogens is 5. The van der Waals surface area contributed by atoms with Crippen LogP contribution in [-0.2, 0) is 6.54 Å². The maximum atomic E-state index is 13.7. The van der Waals surface area contributed by atoms with Crippen LogP contribution in [0.4, 0.5) is 5.13 Å². The molecule has 0 saturated carbocycles. The molecule has 7 nitrogen and oxygen atoms in total. The lowest BCUT2D eigenvalue weighted by Crippen LogP contribution is -2.32. The Morgan fingerprint density at radius 1 is 1.10 bits per heavy atom. The highest BCUT2D eigenvalue weighted by molar-refractivity contribution is 7.22. The van der Waals surface area contributed by atoms with Crippen molar-refractivity contribution < 1.29 is 4.79 Å². The summed E-state index contributed by atoms with van der Waals surface area (Å²) in [7, 11) is 0. The van der Waals surface area contributed by atoms with Crippen LogP contribution in [0.15, 0.2) is 61.1 Å². The quantitative estimate of drug-likeness (QED) is 0.441. The zero-order valence-electron chi connectivity index (χ0n) is 16.5. The summed E-state index contributed by atoms with van der Waals surface area (Å²) in [4.78, 5) is 28.4. The Balaban J connectivity index is 1.65. The Kier molecular flexibility index (Phi) is 4.48. The summed E-state index contributed by atoms with van der Waals surface area (Å²) in [6.07, 6.45) is 2.97. The first kappa shape index (κ1) is 18.4. The van der Waals surface area contributed by atoms with Gasteiger partial charge in [0.05, 0.1) is 16.8 Å². The van der Waals surface area contributed by atoms with E-state index >= 15 is 0 Å². The van der Waals surface area contributed by atoms with Crippen LogP contribution < -0.4 is 4.90 Å². The van der Waals surface area contributed by atoms with Crippen LogP contribution in [-0.4, -0.2) is 30.5 Å². The number of rotatable bonds is 4. The Morgan fingerprint density at radius 3 is 2.77 bits per heavy atom. The molecule has 0 aliphatic heterocycles. The Morgan fingerprint density at radius 2 is 1.93 bits per heavy atom. The standard InChI is InChI=1S/C22H18N6OS/c1-14-10-15(2)19-18(11-14)30-22(26-19)27(12-16-6-4-3-5-7-16)20(29)17-8-9-23-21-24-13-25-28(17)21/h3-11,13H,12H2,1-2H3. The number of amides is 1. The molecular weight excluding hydrogens is 396 g/mol. The monoisotopic (exact) mass is 414 g/mol. The van der Waals surface area contributed by atoms with E-state index in [1.54, 1.807) is 17.2 Å². The third-order valence-corrected chi connectivity index (χ3v) is 5.90. The van der Waals surface area contributed by atoms with E-state index < -0.39 is 0 Å². The summed E-state index contributed by atoms with van der Waals surface area (Å²) in [5, 5.41) is 4.82. The van der Waals surface area contributed by atoms with Crippen molar-refractivity contribution in [3.8, 4) is 0 Å². The summed E-state index contributed by atoms with van der Waals surface area (Å²) in [5.74, 6) is 0.182. The number of fused-ring (bicyclic) bond motifs is 2. The van der Waals surface area contributed by atoms with Gasteiger partial charge in [0.2, 0.25) is 0 Å². The van der Waals surface area contributed by atoms with E-state index in [1.807, 2.05) is 37.3 Å². The van der Waals surface area contributed by atoms with E-state index in [9.17, 15) is 4.79 Å². The molecule has 0 bridgehead atoms. The first-order valence-corrected chi connectivity index (χ1v) is 10.3. The number of aryl methyl sites for hydroxylation is 2. The van der Waals surface area contributed by atoms with E-state index in [1.165, 1.54) is 27.7 Å². The molecule has 0 aliphatic carbocycles. The van der Waals surface area contributed by atoms with Crippen molar-refractivity contribution in [2.75, 3.05) is 4.90 Å². The minimum atomic E-state index is -0.204. The first-order chi connectivity index (χ1) is 14.6. The van der Waals surface area contributed by atoms with Crippen molar-refractivity contribution in [2.24, 2.45) is 0 Å². The number of anilines is 1. The van der Waals surface area contributed by atoms with Crippen molar-refractivity contribution >= 4 is 38.4 Å². The summed E-state index contributed by atoms with van der Waals surface area (Å²) in [6.45, 7) is 4.51. The second kappa shape index (κ2) is 7.31. The van der Waals surface area contributed by atoms with Crippen LogP contribution in [0.2, 0.25) is 0 Å². The van der Waals surface area contributed by atoms with Crippen LogP contribution >= 0.6 is 11.3 Å². The predicted molar refractivity (Wildman–Crippen MR) is 117 cm³/mol. The van der Waals surface area contributed by atoms with Crippen LogP contribution in [0.1, 0.15) is 27.2 Å². The molecule has 8 heteroatoms. The molecule has 0 saturated heterocycles. The first-order valence-electron chi connectivity index (χ1n) is 9.48. The highest BCUT2D eigenvalue weighted by atomic mass is 32.1. The van der Waals surface area contributed by atoms with Crippen molar-refractivity contribution in [1.82, 2.24) is 24.6 Å². The van der Waals surface area contributed by atoms with Gasteiger partial charge in [-0.3, -0.25) is 9.69 Å². The minimum Gasteiger partial charge on any atom is -0.278 e. The average molecular weight is 414 g/mol. The molecular formula is C22H18N6OS. The van der Waals surface area contributed by atoms with E-state index in [4.69, 9.17) is 4.98 Å². The molecule has 148 valence electrons. The zero-order chi connectivity index (χ0) is 20.7. The molecule has 0 radical (unpaired) electrons. The van der Waals surface area contributed by atoms with Crippen molar-refractivity contribution in [2.45, 2.75) is 20.4 Å². The second-order valence-corrected chi connectivity index (χ2v) is 8.11. The van der Waals surface area contributed by atoms with Gasteiger partial charge in [0.15, 0.2) is 5.13 Å². The second-order valence-electron chi connectivity index (χ2n) is 7.10. The fourth-order valence-electron chi connectivity index (χ4n) is 3.51. The molecule has 1 amide bonds. The molecule has 2 aromatic carbocycles. The molecule has 30 heavy (non-hydrogen) atoms. The van der Waals surface area contributed by atoms with Crippen molar-refractivity contribution in [1.29, 1.82) is 0 Å². The maximum Gasteiger partial charge on any atom is 0.279 e. The van der Waals surface area contributed by atoms with Gasteiger partial charge >= 0.3 is 0 Å². The molecule has 3 aromatic heterocycles. The highest BCUT2D eigenvalue weighted by Gasteiger charge is 2.25. The summed E-state index contributed by atoms with van der Waals surface area (Å²) >= 11 is 1.52. The number of thiazole rings is 1. The van der Waals surface area contributed by atoms with E-state index in [0.717, 1.165) is 21.3 Å². The predicted octanol–water partition coefficient (Wildman–Crippen LogP) is 4.20. The van der Waals surface area contributed by atoms with Gasteiger partial charge in [0.1, 0.15) is 12.0 Å². The summed E-state index contributed by atoms with van der Waals surface area (Å²) < 4.78 is 2.53. The number of hydrogen-bond donors (Lipinski definition) is 0. The summed E-state index contributed by atoms with van der Waals surface area (Å²) in [6, 6.07) is 15.8. The van der Waals surface area contributed by atoms with Crippen LogP contribution in [0.25, 0.3) is 16.0 Å². The largest absolute Gasteiger partial charge is 0.279 e. The fraction of sp³-hybridized carbons (Fsp3) is 0.136. The SMILES string of the molecule is Cc1cc(C)c2nc(N(Cc3ccccc3)C(=O)c3ccnc4ncnn34)sc2c1. The van der Waals surface area contributed by atoms with Crippen LogP contribution in [0, 0.1) is 13.8 Å². The molecule has 0 N–H and O–H groups in total. The van der Waals surface area contributed by atoms with Gasteiger partial charge in [-0.25, -0.2) is 9.97 Å². The third-order valence-electron chi connectivity index (χ3n) is 4.88. The molecule has 0 aliphatic rings. The number of hydrogen-bond acceptors (Lipinski definition) is 6. The molecule has 3 heterocycles.